The number of amides is 1. The van der Waals surface area contributed by atoms with Crippen LogP contribution < -0.4 is 0 Å². The molecule has 4 rings (SSSR count). The first-order valence-corrected chi connectivity index (χ1v) is 30.7. The fourth-order valence-corrected chi connectivity index (χ4v) is 14.3. The molecule has 0 aromatic carbocycles. The summed E-state index contributed by atoms with van der Waals surface area (Å²) in [5, 5.41) is 57.6. The van der Waals surface area contributed by atoms with Crippen LogP contribution in [0.3, 0.4) is 0 Å². The smallest absolute Gasteiger partial charge is 0.350 e. The number of nitrogens with zero attached hydrogens (tertiary/aromatic N) is 6. The maximum atomic E-state index is 13.0. The molecule has 7 atom stereocenters. The van der Waals surface area contributed by atoms with Gasteiger partial charge < -0.3 is 49.4 Å². The predicted octanol–water partition coefficient (Wildman–Crippen LogP) is 14.0. The molecule has 460 valence electrons. The van der Waals surface area contributed by atoms with Crippen molar-refractivity contribution in [2.75, 3.05) is 39.5 Å². The molecule has 0 aromatic rings. The molecule has 4 aliphatic rings. The van der Waals surface area contributed by atoms with Crippen molar-refractivity contribution in [3.8, 4) is 0 Å². The van der Waals surface area contributed by atoms with Gasteiger partial charge in [0.2, 0.25) is 5.91 Å². The first kappa shape index (κ1) is 75.7. The number of hydroxylamine groups is 8. The predicted molar refractivity (Wildman–Crippen MR) is 313 cm³/mol. The van der Waals surface area contributed by atoms with Crippen molar-refractivity contribution in [1.29, 1.82) is 0 Å². The fourth-order valence-electron chi connectivity index (χ4n) is 11.7. The molecule has 0 aromatic heterocycles. The molecule has 77 heavy (non-hydrogen) atoms. The molecule has 0 bridgehead atoms. The van der Waals surface area contributed by atoms with Crippen LogP contribution in [0, 0.1) is 16.7 Å². The second-order valence-electron chi connectivity index (χ2n) is 27.3. The summed E-state index contributed by atoms with van der Waals surface area (Å²) in [6, 6.07) is 0.0899. The van der Waals surface area contributed by atoms with Crippen molar-refractivity contribution in [1.82, 2.24) is 25.2 Å². The lowest BCUT2D eigenvalue weighted by atomic mass is 9.67. The van der Waals surface area contributed by atoms with Crippen molar-refractivity contribution >= 4 is 19.9 Å². The summed E-state index contributed by atoms with van der Waals surface area (Å²) < 4.78 is 38.4. The molecule has 0 aliphatic carbocycles. The molecule has 7 unspecified atom stereocenters. The normalized spacial score (nSPS) is 30.8. The van der Waals surface area contributed by atoms with E-state index < -0.39 is 35.7 Å². The summed E-state index contributed by atoms with van der Waals surface area (Å²) in [5.41, 5.74) is -3.59. The highest BCUT2D eigenvalue weighted by Gasteiger charge is 2.63. The van der Waals surface area contributed by atoms with Gasteiger partial charge in [-0.3, -0.25) is 9.36 Å². The number of hydrogen-bond donors (Lipinski definition) is 5. The summed E-state index contributed by atoms with van der Waals surface area (Å²) in [6.45, 7) is 57.7. The van der Waals surface area contributed by atoms with E-state index in [0.717, 1.165) is 50.0 Å². The zero-order valence-corrected chi connectivity index (χ0v) is 54.6. The minimum absolute atomic E-state index is 0. The van der Waals surface area contributed by atoms with Gasteiger partial charge in [-0.2, -0.15) is 24.8 Å². The number of aliphatic hydroxyl groups excluding tert-OH is 1. The molecule has 18 heteroatoms. The average Bonchev–Trinajstić information content (AvgIpc) is 3.34. The van der Waals surface area contributed by atoms with Crippen molar-refractivity contribution in [3.05, 3.63) is 0 Å². The number of carbonyl (C=O) groups is 1. The van der Waals surface area contributed by atoms with Gasteiger partial charge in [0.25, 0.3) is 0 Å². The average molecular weight is 1120 g/mol. The summed E-state index contributed by atoms with van der Waals surface area (Å²) in [6.07, 6.45) is 8.20. The van der Waals surface area contributed by atoms with Crippen LogP contribution in [0.5, 0.6) is 0 Å². The van der Waals surface area contributed by atoms with Crippen LogP contribution in [-0.4, -0.2) is 169 Å². The van der Waals surface area contributed by atoms with Crippen LogP contribution in [0.1, 0.15) is 252 Å². The molecule has 0 saturated carbocycles. The summed E-state index contributed by atoms with van der Waals surface area (Å²) in [4.78, 5) is 15.0. The summed E-state index contributed by atoms with van der Waals surface area (Å²) >= 11 is 0. The highest BCUT2D eigenvalue weighted by atomic mass is 31.2. The molecule has 17 nitrogen and oxygen atoms in total. The van der Waals surface area contributed by atoms with E-state index in [1.807, 2.05) is 85.6 Å². The lowest BCUT2D eigenvalue weighted by Crippen LogP contribution is -2.75. The van der Waals surface area contributed by atoms with Gasteiger partial charge in [-0.1, -0.05) is 104 Å². The quantitative estimate of drug-likeness (QED) is 0.0477. The Bertz CT molecular complexity index is 1880. The number of ether oxygens (including phenoxy) is 2. The van der Waals surface area contributed by atoms with Crippen molar-refractivity contribution in [2.45, 2.75) is 314 Å². The van der Waals surface area contributed by atoms with E-state index in [1.54, 1.807) is 18.9 Å². The molecule has 1 spiro atoms. The van der Waals surface area contributed by atoms with Gasteiger partial charge in [0, 0.05) is 40.9 Å². The lowest BCUT2D eigenvalue weighted by Gasteiger charge is -2.63. The zero-order valence-electron chi connectivity index (χ0n) is 53.7. The number of hydrogen-bond acceptors (Lipinski definition) is 14. The van der Waals surface area contributed by atoms with Crippen LogP contribution in [0.2, 0.25) is 0 Å². The highest BCUT2D eigenvalue weighted by molar-refractivity contribution is 7.54. The Labute approximate surface area is 472 Å². The van der Waals surface area contributed by atoms with E-state index in [0.29, 0.717) is 45.6 Å². The van der Waals surface area contributed by atoms with Crippen LogP contribution in [-0.2, 0) is 27.9 Å². The number of carbonyl (C=O) groups excluding carboxylic acids is 1. The van der Waals surface area contributed by atoms with E-state index in [1.165, 1.54) is 10.1 Å². The summed E-state index contributed by atoms with van der Waals surface area (Å²) in [7, 11) is -3.43. The number of piperidine rings is 1. The SMILES string of the molecule is C.CCC1(C)CC2(OCC(C)(C)CO2)C(C)C(C)(CC)N1O.CCC1(C)C[N+](=CO)C(C)C(C)(CC)N1O.CCC1(CC)CN(C(C)(C)C)C(=O)C(CC)(CC)N1O.CCOP(=O)(OCC)C(N(O)C(C)(C)C)C(C)(C)C. The third-order valence-electron chi connectivity index (χ3n) is 18.5. The molecule has 1 amide bonds. The Balaban J connectivity index is 0.00000100. The number of aliphatic hydroxyl groups is 1. The monoisotopic (exact) mass is 1120 g/mol. The Morgan fingerprint density at radius 1 is 0.701 bits per heavy atom. The van der Waals surface area contributed by atoms with Crippen LogP contribution >= 0.6 is 7.60 Å². The van der Waals surface area contributed by atoms with Crippen molar-refractivity contribution in [3.63, 3.8) is 0 Å². The van der Waals surface area contributed by atoms with Gasteiger partial charge >= 0.3 is 14.0 Å². The molecule has 5 N–H and O–H groups in total. The fraction of sp³-hybridized carbons (Fsp3) is 0.966. The summed E-state index contributed by atoms with van der Waals surface area (Å²) in [5.74, 6) is -1.13. The largest absolute Gasteiger partial charge is 0.466 e. The van der Waals surface area contributed by atoms with E-state index in [9.17, 15) is 35.3 Å². The maximum absolute atomic E-state index is 13.0. The number of rotatable bonds is 14. The van der Waals surface area contributed by atoms with E-state index in [4.69, 9.17) is 18.5 Å². The first-order chi connectivity index (χ1) is 34.4. The third kappa shape index (κ3) is 15.7. The minimum Gasteiger partial charge on any atom is -0.466 e. The Morgan fingerprint density at radius 3 is 1.45 bits per heavy atom. The van der Waals surface area contributed by atoms with Crippen molar-refractivity contribution < 1.29 is 58.4 Å². The second kappa shape index (κ2) is 27.8. The molecular formula is C59H124N6O11P+. The van der Waals surface area contributed by atoms with Gasteiger partial charge in [0.15, 0.2) is 18.4 Å². The van der Waals surface area contributed by atoms with E-state index in [2.05, 4.69) is 96.9 Å². The van der Waals surface area contributed by atoms with Crippen LogP contribution in [0.15, 0.2) is 0 Å². The van der Waals surface area contributed by atoms with Crippen LogP contribution in [0.4, 0.5) is 0 Å². The molecule has 0 radical (unpaired) electrons. The first-order valence-electron chi connectivity index (χ1n) is 29.1. The van der Waals surface area contributed by atoms with Gasteiger partial charge in [-0.05, 0) is 147 Å². The zero-order chi connectivity index (χ0) is 59.9. The van der Waals surface area contributed by atoms with Gasteiger partial charge in [-0.15, -0.1) is 0 Å². The highest BCUT2D eigenvalue weighted by Crippen LogP contribution is 2.60. The number of piperazine rings is 2. The topological polar surface area (TPSA) is 191 Å². The van der Waals surface area contributed by atoms with E-state index in [-0.39, 0.29) is 77.2 Å². The Morgan fingerprint density at radius 2 is 1.13 bits per heavy atom. The van der Waals surface area contributed by atoms with Gasteiger partial charge in [0.05, 0.1) is 37.5 Å². The standard InChI is InChI=1S/C17H33NO3.C16H32N2O2.C13H30NO4P.C12H24N2O2.CH4/c1-8-15(6)10-17(20-11-14(4,5)12-21-17)13(3)16(7,9-2)18(15)19;1-8-15(9-2)12-17(14(5,6)7)13(19)16(10-3,11-4)18(15)20;1-9-17-19(16,18-10-2)11(12(3,4)5)14(15)13(6,7)8;1-6-11(4)8-13(9-15)10(3)12(5,7-2)14(11)16;/h13,19H,8-12H2,1-7H3;20H,8-12H2,1-7H3;11,15H,9-10H2,1-8H3;9-10,16H,6-8H2,1-5H3;1H4/p+1. The van der Waals surface area contributed by atoms with Crippen molar-refractivity contribution in [2.24, 2.45) is 16.7 Å². The Hall–Kier alpha value is -1.31. The van der Waals surface area contributed by atoms with Gasteiger partial charge in [0.1, 0.15) is 22.4 Å². The molecular weight excluding hydrogens is 1000 g/mol. The van der Waals surface area contributed by atoms with Crippen LogP contribution in [0.25, 0.3) is 0 Å². The third-order valence-corrected chi connectivity index (χ3v) is 21.3. The Kier molecular flexibility index (Phi) is 27.4. The lowest BCUT2D eigenvalue weighted by molar-refractivity contribution is -0.624. The minimum atomic E-state index is -3.43. The molecule has 4 aliphatic heterocycles. The maximum Gasteiger partial charge on any atom is 0.350 e. The van der Waals surface area contributed by atoms with Gasteiger partial charge in [-0.25, -0.2) is 0 Å². The molecule has 4 heterocycles. The molecule has 4 fully saturated rings. The molecule has 4 saturated heterocycles. The second-order valence-corrected chi connectivity index (χ2v) is 29.4. The van der Waals surface area contributed by atoms with E-state index >= 15 is 0 Å².